The summed E-state index contributed by atoms with van der Waals surface area (Å²) in [7, 11) is 3.53. The minimum Gasteiger partial charge on any atom is -0.467 e. The van der Waals surface area contributed by atoms with Gasteiger partial charge in [0.15, 0.2) is 12.6 Å². The zero-order valence-corrected chi connectivity index (χ0v) is 24.8. The summed E-state index contributed by atoms with van der Waals surface area (Å²) in [4.78, 5) is 17.3. The fourth-order valence-electron chi connectivity index (χ4n) is 6.37. The monoisotopic (exact) mass is 566 g/mol. The molecule has 220 valence electrons. The third-order valence-electron chi connectivity index (χ3n) is 8.25. The number of amides is 1. The Morgan fingerprint density at radius 3 is 2.41 bits per heavy atom. The molecule has 4 heterocycles. The lowest BCUT2D eigenvalue weighted by Crippen LogP contribution is -2.63. The highest BCUT2D eigenvalue weighted by Crippen LogP contribution is 2.52. The number of aromatic amines is 1. The molecule has 0 unspecified atom stereocenters. The number of benzene rings is 1. The van der Waals surface area contributed by atoms with Crippen molar-refractivity contribution in [1.82, 2.24) is 25.3 Å². The molecule has 3 atom stereocenters. The van der Waals surface area contributed by atoms with Gasteiger partial charge in [-0.15, -0.1) is 10.2 Å². The summed E-state index contributed by atoms with van der Waals surface area (Å²) < 4.78 is 31.8. The van der Waals surface area contributed by atoms with Gasteiger partial charge < -0.3 is 19.1 Å². The molecule has 0 radical (unpaired) electrons. The van der Waals surface area contributed by atoms with Crippen LogP contribution in [0.1, 0.15) is 60.3 Å². The highest BCUT2D eigenvalue weighted by atomic mass is 19.1. The number of methoxy groups -OCH3 is 1. The second kappa shape index (κ2) is 10.6. The van der Waals surface area contributed by atoms with Gasteiger partial charge in [-0.3, -0.25) is 10.00 Å². The lowest BCUT2D eigenvalue weighted by molar-refractivity contribution is -0.0357. The molecule has 0 spiro atoms. The topological polar surface area (TPSA) is 106 Å². The summed E-state index contributed by atoms with van der Waals surface area (Å²) in [5.74, 6) is 0.695. The van der Waals surface area contributed by atoms with Gasteiger partial charge in [0.05, 0.1) is 11.9 Å². The molecule has 0 aliphatic carbocycles. The number of hydrogen-bond donors (Lipinski definition) is 1. The van der Waals surface area contributed by atoms with E-state index in [1.807, 2.05) is 44.9 Å². The van der Waals surface area contributed by atoms with Crippen LogP contribution in [0.2, 0.25) is 0 Å². The normalized spacial score (nSPS) is 23.9. The molecule has 0 saturated carbocycles. The van der Waals surface area contributed by atoms with Crippen molar-refractivity contribution in [1.29, 1.82) is 0 Å². The Balaban J connectivity index is 1.38. The Morgan fingerprint density at radius 2 is 1.85 bits per heavy atom. The number of aromatic nitrogens is 4. The van der Waals surface area contributed by atoms with Crippen LogP contribution in [-0.2, 0) is 9.47 Å². The molecule has 2 saturated heterocycles. The van der Waals surface area contributed by atoms with Crippen molar-refractivity contribution in [3.05, 3.63) is 42.5 Å². The third kappa shape index (κ3) is 5.59. The molecule has 2 aliphatic heterocycles. The lowest BCUT2D eigenvalue weighted by Gasteiger charge is -2.52. The number of piperidine rings is 1. The molecular weight excluding hydrogens is 527 g/mol. The quantitative estimate of drug-likeness (QED) is 0.358. The number of carbonyl (C=O) groups is 1. The molecule has 3 aromatic rings. The van der Waals surface area contributed by atoms with Crippen LogP contribution in [0, 0.1) is 5.82 Å². The van der Waals surface area contributed by atoms with Crippen LogP contribution in [0.5, 0.6) is 5.75 Å². The van der Waals surface area contributed by atoms with E-state index in [4.69, 9.17) is 14.2 Å². The van der Waals surface area contributed by atoms with Gasteiger partial charge in [-0.1, -0.05) is 0 Å². The number of ether oxygens (including phenoxy) is 3. The number of hydrogen-bond acceptors (Lipinski definition) is 8. The Hall–Kier alpha value is -3.73. The molecule has 11 heteroatoms. The average Bonchev–Trinajstić information content (AvgIpc) is 3.49. The van der Waals surface area contributed by atoms with Gasteiger partial charge in [-0.2, -0.15) is 5.10 Å². The Bertz CT molecular complexity index is 1370. The van der Waals surface area contributed by atoms with Crippen LogP contribution < -0.4 is 9.64 Å². The van der Waals surface area contributed by atoms with Crippen LogP contribution in [0.15, 0.2) is 36.7 Å². The number of rotatable bonds is 7. The molecule has 1 N–H and O–H groups in total. The summed E-state index contributed by atoms with van der Waals surface area (Å²) in [6.07, 6.45) is 6.34. The molecule has 41 heavy (non-hydrogen) atoms. The molecule has 2 aromatic heterocycles. The second-order valence-corrected chi connectivity index (χ2v) is 12.6. The first-order chi connectivity index (χ1) is 19.3. The minimum atomic E-state index is -0.550. The maximum Gasteiger partial charge on any atom is 0.411 e. The predicted molar refractivity (Wildman–Crippen MR) is 153 cm³/mol. The standard InChI is InChI=1S/C30H39FN6O4/c1-28(2,3)41-27(38)37-29(4)10-11-30(37,5)15-20(14-29)36(6)26-9-8-24(34-35-26)22-12-23(31)21(19-16-32-33-17-19)13-25(22)40-18-39-7/h8-9,12-13,16-17,20H,10-11,14-15,18H2,1-7H3,(H,32,33)/t20-,29-,30+. The first-order valence-electron chi connectivity index (χ1n) is 13.9. The van der Waals surface area contributed by atoms with E-state index >= 15 is 4.39 Å². The molecule has 1 amide bonds. The fraction of sp³-hybridized carbons (Fsp3) is 0.533. The van der Waals surface area contributed by atoms with E-state index < -0.39 is 11.4 Å². The Morgan fingerprint density at radius 1 is 1.15 bits per heavy atom. The fourth-order valence-corrected chi connectivity index (χ4v) is 6.37. The first-order valence-corrected chi connectivity index (χ1v) is 13.9. The van der Waals surface area contributed by atoms with Gasteiger partial charge in [-0.25, -0.2) is 9.18 Å². The van der Waals surface area contributed by atoms with Crippen molar-refractivity contribution in [2.75, 3.05) is 25.9 Å². The number of fused-ring (bicyclic) bond motifs is 2. The zero-order chi connectivity index (χ0) is 29.6. The number of carbonyl (C=O) groups excluding carboxylic acids is 1. The summed E-state index contributed by atoms with van der Waals surface area (Å²) in [6.45, 7) is 10.00. The predicted octanol–water partition coefficient (Wildman–Crippen LogP) is 5.80. The van der Waals surface area contributed by atoms with E-state index in [0.29, 0.717) is 34.0 Å². The summed E-state index contributed by atoms with van der Waals surface area (Å²) >= 11 is 0. The van der Waals surface area contributed by atoms with Crippen molar-refractivity contribution in [2.24, 2.45) is 0 Å². The molecule has 5 rings (SSSR count). The van der Waals surface area contributed by atoms with E-state index in [-0.39, 0.29) is 30.0 Å². The Labute approximate surface area is 240 Å². The van der Waals surface area contributed by atoms with E-state index in [1.165, 1.54) is 13.2 Å². The van der Waals surface area contributed by atoms with Crippen molar-refractivity contribution in [3.8, 4) is 28.1 Å². The molecule has 10 nitrogen and oxygen atoms in total. The van der Waals surface area contributed by atoms with Gasteiger partial charge in [0.2, 0.25) is 0 Å². The van der Waals surface area contributed by atoms with Gasteiger partial charge in [0.25, 0.3) is 0 Å². The highest BCUT2D eigenvalue weighted by Gasteiger charge is 2.59. The first kappa shape index (κ1) is 28.8. The maximum absolute atomic E-state index is 15.2. The van der Waals surface area contributed by atoms with Crippen molar-refractivity contribution < 1.29 is 23.4 Å². The lowest BCUT2D eigenvalue weighted by atomic mass is 9.82. The third-order valence-corrected chi connectivity index (χ3v) is 8.25. The molecular formula is C30H39FN6O4. The molecule has 2 fully saturated rings. The van der Waals surface area contributed by atoms with E-state index in [1.54, 1.807) is 18.5 Å². The molecule has 2 bridgehead atoms. The minimum absolute atomic E-state index is 0.00274. The van der Waals surface area contributed by atoms with Crippen LogP contribution in [0.4, 0.5) is 15.0 Å². The number of H-pyrrole nitrogens is 1. The molecule has 2 aliphatic rings. The van der Waals surface area contributed by atoms with Crippen LogP contribution in [0.3, 0.4) is 0 Å². The van der Waals surface area contributed by atoms with Crippen molar-refractivity contribution in [2.45, 2.75) is 83.0 Å². The van der Waals surface area contributed by atoms with E-state index in [9.17, 15) is 4.79 Å². The highest BCUT2D eigenvalue weighted by molar-refractivity contribution is 5.75. The smallest absolute Gasteiger partial charge is 0.411 e. The van der Waals surface area contributed by atoms with Crippen LogP contribution in [0.25, 0.3) is 22.4 Å². The van der Waals surface area contributed by atoms with Gasteiger partial charge >= 0.3 is 6.09 Å². The van der Waals surface area contributed by atoms with E-state index in [0.717, 1.165) is 25.7 Å². The SMILES string of the molecule is COCOc1cc(-c2cn[nH]c2)c(F)cc1-c1ccc(N(C)[C@H]2C[C@]3(C)CC[C@](C)(C2)N3C(=O)OC(C)(C)C)nn1. The van der Waals surface area contributed by atoms with Gasteiger partial charge in [-0.05, 0) is 84.6 Å². The summed E-state index contributed by atoms with van der Waals surface area (Å²) in [5, 5.41) is 15.6. The zero-order valence-electron chi connectivity index (χ0n) is 24.8. The van der Waals surface area contributed by atoms with Crippen LogP contribution >= 0.6 is 0 Å². The number of halogens is 1. The maximum atomic E-state index is 15.2. The summed E-state index contributed by atoms with van der Waals surface area (Å²) in [5.41, 5.74) is 0.723. The van der Waals surface area contributed by atoms with Crippen LogP contribution in [-0.4, -0.2) is 75.1 Å². The number of anilines is 1. The second-order valence-electron chi connectivity index (χ2n) is 12.6. The number of nitrogens with one attached hydrogen (secondary N) is 1. The van der Waals surface area contributed by atoms with Gasteiger partial charge in [0, 0.05) is 54.2 Å². The average molecular weight is 567 g/mol. The summed E-state index contributed by atoms with van der Waals surface area (Å²) in [6, 6.07) is 6.87. The molecule has 1 aromatic carbocycles. The van der Waals surface area contributed by atoms with E-state index in [2.05, 4.69) is 39.1 Å². The van der Waals surface area contributed by atoms with Gasteiger partial charge in [0.1, 0.15) is 17.2 Å². The Kier molecular flexibility index (Phi) is 7.44. The number of nitrogens with zero attached hydrogens (tertiary/aromatic N) is 5. The van der Waals surface area contributed by atoms with Crippen molar-refractivity contribution in [3.63, 3.8) is 0 Å². The largest absolute Gasteiger partial charge is 0.467 e. The van der Waals surface area contributed by atoms with Crippen molar-refractivity contribution >= 4 is 11.9 Å².